The Balaban J connectivity index is 1.17. The summed E-state index contributed by atoms with van der Waals surface area (Å²) < 4.78 is 19.0. The molecule has 0 N–H and O–H groups in total. The Hall–Kier alpha value is -4.71. The van der Waals surface area contributed by atoms with Gasteiger partial charge in [0.1, 0.15) is 11.9 Å². The average Bonchev–Trinajstić information content (AvgIpc) is 3.70. The van der Waals surface area contributed by atoms with Crippen LogP contribution in [0.3, 0.4) is 0 Å². The number of ether oxygens (including phenoxy) is 3. The Morgan fingerprint density at radius 2 is 1.90 bits per heavy atom. The fourth-order valence-corrected chi connectivity index (χ4v) is 5.94. The molecule has 41 heavy (non-hydrogen) atoms. The molecule has 0 saturated carbocycles. The SMILES string of the molecule is COc1c2c(cc3c1C(c1nnnn1-c1cccc(C(=O)N4CCN(c5ccccn5)CC4)c1)N(C)CC3)OCO2. The molecule has 12 nitrogen and oxygen atoms in total. The number of benzene rings is 2. The minimum atomic E-state index is -0.294. The second kappa shape index (κ2) is 10.4. The van der Waals surface area contributed by atoms with Crippen LogP contribution in [0.25, 0.3) is 5.69 Å². The first kappa shape index (κ1) is 25.3. The zero-order valence-electron chi connectivity index (χ0n) is 22.9. The van der Waals surface area contributed by atoms with Crippen LogP contribution in [0.2, 0.25) is 0 Å². The largest absolute Gasteiger partial charge is 0.492 e. The molecule has 1 saturated heterocycles. The summed E-state index contributed by atoms with van der Waals surface area (Å²) in [6, 6.07) is 15.1. The van der Waals surface area contributed by atoms with Gasteiger partial charge in [-0.1, -0.05) is 12.1 Å². The van der Waals surface area contributed by atoms with Gasteiger partial charge in [0.05, 0.1) is 12.8 Å². The first-order chi connectivity index (χ1) is 20.1. The van der Waals surface area contributed by atoms with Crippen LogP contribution in [0, 0.1) is 0 Å². The maximum absolute atomic E-state index is 13.5. The predicted molar refractivity (Wildman–Crippen MR) is 149 cm³/mol. The zero-order valence-corrected chi connectivity index (χ0v) is 22.9. The lowest BCUT2D eigenvalue weighted by atomic mass is 9.90. The van der Waals surface area contributed by atoms with E-state index in [0.29, 0.717) is 47.4 Å². The molecule has 5 heterocycles. The number of piperazine rings is 1. The molecular formula is C29H30N8O4. The fraction of sp³-hybridized carbons (Fsp3) is 0.345. The van der Waals surface area contributed by atoms with Gasteiger partial charge >= 0.3 is 0 Å². The van der Waals surface area contributed by atoms with Crippen molar-refractivity contribution in [2.24, 2.45) is 0 Å². The van der Waals surface area contributed by atoms with Gasteiger partial charge in [0.2, 0.25) is 12.5 Å². The van der Waals surface area contributed by atoms with Crippen LogP contribution in [-0.4, -0.2) is 94.6 Å². The molecule has 1 amide bonds. The van der Waals surface area contributed by atoms with Crippen LogP contribution in [0.1, 0.15) is 33.4 Å². The van der Waals surface area contributed by atoms with E-state index in [2.05, 4.69) is 30.3 Å². The predicted octanol–water partition coefficient (Wildman–Crippen LogP) is 2.33. The minimum absolute atomic E-state index is 0.0170. The molecule has 1 unspecified atom stereocenters. The quantitative estimate of drug-likeness (QED) is 0.365. The summed E-state index contributed by atoms with van der Waals surface area (Å²) in [5, 5.41) is 12.9. The van der Waals surface area contributed by atoms with Crippen LogP contribution in [0.5, 0.6) is 17.2 Å². The number of pyridine rings is 1. The molecule has 0 bridgehead atoms. The number of amides is 1. The second-order valence-electron chi connectivity index (χ2n) is 10.3. The highest BCUT2D eigenvalue weighted by Crippen LogP contribution is 2.50. The Kier molecular flexibility index (Phi) is 6.38. The number of tetrazole rings is 1. The molecule has 0 spiro atoms. The number of carbonyl (C=O) groups is 1. The van der Waals surface area contributed by atoms with Crippen molar-refractivity contribution in [3.63, 3.8) is 0 Å². The molecular weight excluding hydrogens is 524 g/mol. The highest BCUT2D eigenvalue weighted by atomic mass is 16.7. The molecule has 2 aromatic heterocycles. The van der Waals surface area contributed by atoms with Crippen LogP contribution in [-0.2, 0) is 6.42 Å². The molecule has 2 aromatic carbocycles. The first-order valence-corrected chi connectivity index (χ1v) is 13.7. The Bertz CT molecular complexity index is 1590. The number of nitrogens with zero attached hydrogens (tertiary/aromatic N) is 8. The van der Waals surface area contributed by atoms with Gasteiger partial charge in [-0.15, -0.1) is 5.10 Å². The van der Waals surface area contributed by atoms with Gasteiger partial charge in [-0.3, -0.25) is 9.69 Å². The molecule has 0 radical (unpaired) electrons. The third-order valence-corrected chi connectivity index (χ3v) is 8.01. The van der Waals surface area contributed by atoms with E-state index in [0.717, 1.165) is 43.0 Å². The summed E-state index contributed by atoms with van der Waals surface area (Å²) in [5.41, 5.74) is 3.37. The van der Waals surface area contributed by atoms with Crippen molar-refractivity contribution in [3.05, 3.63) is 77.2 Å². The van der Waals surface area contributed by atoms with E-state index in [1.807, 2.05) is 60.5 Å². The average molecular weight is 555 g/mol. The number of carbonyl (C=O) groups excluding carboxylic acids is 1. The van der Waals surface area contributed by atoms with Crippen LogP contribution in [0.15, 0.2) is 54.7 Å². The lowest BCUT2D eigenvalue weighted by Crippen LogP contribution is -2.49. The topological polar surface area (TPSA) is 111 Å². The Labute approximate surface area is 237 Å². The van der Waals surface area contributed by atoms with Gasteiger partial charge in [-0.25, -0.2) is 4.98 Å². The highest BCUT2D eigenvalue weighted by molar-refractivity contribution is 5.95. The molecule has 1 fully saturated rings. The third kappa shape index (κ3) is 4.40. The molecule has 7 rings (SSSR count). The molecule has 0 aliphatic carbocycles. The number of fused-ring (bicyclic) bond motifs is 2. The van der Waals surface area contributed by atoms with E-state index in [1.165, 1.54) is 0 Å². The summed E-state index contributed by atoms with van der Waals surface area (Å²) in [7, 11) is 3.68. The molecule has 12 heteroatoms. The summed E-state index contributed by atoms with van der Waals surface area (Å²) in [5.74, 6) is 3.46. The van der Waals surface area contributed by atoms with Gasteiger partial charge in [-0.05, 0) is 65.9 Å². The Morgan fingerprint density at radius 3 is 2.71 bits per heavy atom. The number of anilines is 1. The van der Waals surface area contributed by atoms with Crippen molar-refractivity contribution < 1.29 is 19.0 Å². The standard InChI is InChI=1S/C29H30N8O4/c1-34-11-9-19-17-22-26(41-18-40-22)27(39-2)24(19)25(34)28-31-32-33-37(28)21-7-5-6-20(16-21)29(38)36-14-12-35(13-15-36)23-8-3-4-10-30-23/h3-8,10,16-17,25H,9,11-15,18H2,1-2H3. The number of aromatic nitrogens is 5. The Morgan fingerprint density at radius 1 is 1.02 bits per heavy atom. The van der Waals surface area contributed by atoms with Crippen molar-refractivity contribution >= 4 is 11.7 Å². The van der Waals surface area contributed by atoms with Crippen molar-refractivity contribution in [1.29, 1.82) is 0 Å². The van der Waals surface area contributed by atoms with Gasteiger partial charge in [0, 0.05) is 50.0 Å². The first-order valence-electron chi connectivity index (χ1n) is 13.7. The lowest BCUT2D eigenvalue weighted by molar-refractivity contribution is 0.0746. The van der Waals surface area contributed by atoms with E-state index in [-0.39, 0.29) is 18.7 Å². The summed E-state index contributed by atoms with van der Waals surface area (Å²) in [6.45, 7) is 3.66. The number of hydrogen-bond acceptors (Lipinski definition) is 10. The summed E-state index contributed by atoms with van der Waals surface area (Å²) >= 11 is 0. The van der Waals surface area contributed by atoms with E-state index < -0.39 is 0 Å². The van der Waals surface area contributed by atoms with Crippen molar-refractivity contribution in [2.75, 3.05) is 58.6 Å². The van der Waals surface area contributed by atoms with Gasteiger partial charge in [0.25, 0.3) is 5.91 Å². The number of rotatable bonds is 5. The molecule has 4 aromatic rings. The minimum Gasteiger partial charge on any atom is -0.492 e. The number of likely N-dealkylation sites (N-methyl/N-ethyl adjacent to an activating group) is 1. The molecule has 3 aliphatic rings. The van der Waals surface area contributed by atoms with Crippen LogP contribution in [0.4, 0.5) is 5.82 Å². The van der Waals surface area contributed by atoms with Gasteiger partial charge in [0.15, 0.2) is 17.3 Å². The van der Waals surface area contributed by atoms with Crippen molar-refractivity contribution in [2.45, 2.75) is 12.5 Å². The second-order valence-corrected chi connectivity index (χ2v) is 10.3. The van der Waals surface area contributed by atoms with Crippen LogP contribution >= 0.6 is 0 Å². The number of hydrogen-bond donors (Lipinski definition) is 0. The van der Waals surface area contributed by atoms with E-state index >= 15 is 0 Å². The molecule has 3 aliphatic heterocycles. The molecule has 1 atom stereocenters. The summed E-state index contributed by atoms with van der Waals surface area (Å²) in [4.78, 5) is 24.3. The third-order valence-electron chi connectivity index (χ3n) is 8.01. The molecule has 210 valence electrons. The normalized spacial score (nSPS) is 18.3. The highest BCUT2D eigenvalue weighted by Gasteiger charge is 2.38. The smallest absolute Gasteiger partial charge is 0.254 e. The van der Waals surface area contributed by atoms with E-state index in [9.17, 15) is 4.79 Å². The maximum atomic E-state index is 13.5. The van der Waals surface area contributed by atoms with Gasteiger partial charge < -0.3 is 24.0 Å². The van der Waals surface area contributed by atoms with Crippen molar-refractivity contribution in [3.8, 4) is 22.9 Å². The van der Waals surface area contributed by atoms with Crippen molar-refractivity contribution in [1.82, 2.24) is 35.0 Å². The lowest BCUT2D eigenvalue weighted by Gasteiger charge is -2.35. The summed E-state index contributed by atoms with van der Waals surface area (Å²) in [6.07, 6.45) is 2.62. The zero-order chi connectivity index (χ0) is 27.9. The number of methoxy groups -OCH3 is 1. The fourth-order valence-electron chi connectivity index (χ4n) is 5.94. The van der Waals surface area contributed by atoms with Gasteiger partial charge in [-0.2, -0.15) is 4.68 Å². The van der Waals surface area contributed by atoms with Crippen LogP contribution < -0.4 is 19.1 Å². The van der Waals surface area contributed by atoms with E-state index in [4.69, 9.17) is 14.2 Å². The monoisotopic (exact) mass is 554 g/mol. The maximum Gasteiger partial charge on any atom is 0.254 e. The van der Waals surface area contributed by atoms with E-state index in [1.54, 1.807) is 18.0 Å².